The normalized spacial score (nSPS) is 12.0. The van der Waals surface area contributed by atoms with Crippen molar-refractivity contribution in [3.63, 3.8) is 0 Å². The first-order valence-corrected chi connectivity index (χ1v) is 8.60. The quantitative estimate of drug-likeness (QED) is 0.451. The number of carbonyl (C=O) groups excluding carboxylic acids is 1. The van der Waals surface area contributed by atoms with Crippen LogP contribution in [-0.4, -0.2) is 30.4 Å². The number of nitrogens with zero attached hydrogens (tertiary/aromatic N) is 2. The Balaban J connectivity index is 1.67. The van der Waals surface area contributed by atoms with Gasteiger partial charge in [-0.05, 0) is 43.3 Å². The van der Waals surface area contributed by atoms with E-state index < -0.39 is 12.1 Å². The summed E-state index contributed by atoms with van der Waals surface area (Å²) in [6.07, 6.45) is 2.22. The predicted octanol–water partition coefficient (Wildman–Crippen LogP) is 4.07. The second-order valence-electron chi connectivity index (χ2n) is 5.83. The van der Waals surface area contributed by atoms with Crippen LogP contribution in [0, 0.1) is 0 Å². The highest BCUT2D eigenvalue weighted by Crippen LogP contribution is 2.26. The van der Waals surface area contributed by atoms with E-state index >= 15 is 0 Å². The van der Waals surface area contributed by atoms with E-state index in [9.17, 15) is 4.79 Å². The van der Waals surface area contributed by atoms with Crippen LogP contribution in [0.1, 0.15) is 24.5 Å². The Morgan fingerprint density at radius 1 is 1.07 bits per heavy atom. The molecule has 0 unspecified atom stereocenters. The highest BCUT2D eigenvalue weighted by atomic mass is 16.6. The fourth-order valence-electron chi connectivity index (χ4n) is 2.49. The molecule has 0 radical (unpaired) electrons. The minimum atomic E-state index is -0.686. The van der Waals surface area contributed by atoms with E-state index in [0.717, 1.165) is 5.56 Å². The summed E-state index contributed by atoms with van der Waals surface area (Å²) in [5.74, 6) is 1.32. The molecule has 7 nitrogen and oxygen atoms in total. The van der Waals surface area contributed by atoms with Crippen molar-refractivity contribution in [2.75, 3.05) is 14.2 Å². The van der Waals surface area contributed by atoms with Crippen molar-refractivity contribution in [2.45, 2.75) is 13.0 Å². The number of ether oxygens (including phenoxy) is 3. The summed E-state index contributed by atoms with van der Waals surface area (Å²) in [6.45, 7) is 1.67. The second-order valence-corrected chi connectivity index (χ2v) is 5.83. The molecule has 2 aromatic carbocycles. The zero-order chi connectivity index (χ0) is 19.9. The average molecular weight is 380 g/mol. The molecule has 0 fully saturated rings. The van der Waals surface area contributed by atoms with Gasteiger partial charge in [0.15, 0.2) is 6.10 Å². The van der Waals surface area contributed by atoms with Crippen molar-refractivity contribution < 1.29 is 23.4 Å². The van der Waals surface area contributed by atoms with Gasteiger partial charge in [-0.3, -0.25) is 0 Å². The molecule has 0 aliphatic carbocycles. The van der Waals surface area contributed by atoms with E-state index in [0.29, 0.717) is 23.0 Å². The molecule has 3 rings (SSSR count). The first-order chi connectivity index (χ1) is 13.6. The fraction of sp³-hybridized carbons (Fsp3) is 0.190. The van der Waals surface area contributed by atoms with Gasteiger partial charge in [-0.15, -0.1) is 10.2 Å². The molecule has 0 amide bonds. The van der Waals surface area contributed by atoms with E-state index in [4.69, 9.17) is 18.6 Å². The maximum absolute atomic E-state index is 12.2. The number of aromatic nitrogens is 2. The van der Waals surface area contributed by atoms with Gasteiger partial charge in [0.1, 0.15) is 11.5 Å². The Morgan fingerprint density at radius 2 is 1.86 bits per heavy atom. The molecule has 1 atom stereocenters. The number of benzene rings is 2. The maximum Gasteiger partial charge on any atom is 0.331 e. The zero-order valence-electron chi connectivity index (χ0n) is 15.8. The largest absolute Gasteiger partial charge is 0.497 e. The monoisotopic (exact) mass is 380 g/mol. The smallest absolute Gasteiger partial charge is 0.331 e. The van der Waals surface area contributed by atoms with Gasteiger partial charge in [0.2, 0.25) is 5.89 Å². The van der Waals surface area contributed by atoms with Gasteiger partial charge in [-0.1, -0.05) is 18.2 Å². The van der Waals surface area contributed by atoms with E-state index in [1.165, 1.54) is 6.08 Å². The third-order valence-corrected chi connectivity index (χ3v) is 3.94. The molecule has 0 N–H and O–H groups in total. The zero-order valence-corrected chi connectivity index (χ0v) is 15.8. The Morgan fingerprint density at radius 3 is 2.57 bits per heavy atom. The Labute approximate surface area is 162 Å². The number of carbonyl (C=O) groups is 1. The summed E-state index contributed by atoms with van der Waals surface area (Å²) in [6, 6.07) is 14.7. The predicted molar refractivity (Wildman–Crippen MR) is 103 cm³/mol. The van der Waals surface area contributed by atoms with Crippen LogP contribution < -0.4 is 9.47 Å². The lowest BCUT2D eigenvalue weighted by Crippen LogP contribution is -2.06. The Hall–Kier alpha value is -3.61. The lowest BCUT2D eigenvalue weighted by Gasteiger charge is -2.08. The molecule has 0 saturated carbocycles. The van der Waals surface area contributed by atoms with Gasteiger partial charge in [0.25, 0.3) is 5.89 Å². The van der Waals surface area contributed by atoms with Crippen LogP contribution in [0.4, 0.5) is 0 Å². The van der Waals surface area contributed by atoms with Crippen LogP contribution in [-0.2, 0) is 9.53 Å². The van der Waals surface area contributed by atoms with Crippen molar-refractivity contribution in [3.8, 4) is 23.0 Å². The Kier molecular flexibility index (Phi) is 6.06. The van der Waals surface area contributed by atoms with E-state index in [1.807, 2.05) is 30.3 Å². The summed E-state index contributed by atoms with van der Waals surface area (Å²) in [5.41, 5.74) is 1.49. The molecule has 0 aliphatic heterocycles. The van der Waals surface area contributed by atoms with Gasteiger partial charge in [0, 0.05) is 17.2 Å². The van der Waals surface area contributed by atoms with Crippen LogP contribution in [0.3, 0.4) is 0 Å². The van der Waals surface area contributed by atoms with Crippen molar-refractivity contribution in [1.29, 1.82) is 0 Å². The molecule has 1 aromatic heterocycles. The molecule has 7 heteroatoms. The van der Waals surface area contributed by atoms with Crippen molar-refractivity contribution >= 4 is 12.0 Å². The maximum atomic E-state index is 12.2. The third kappa shape index (κ3) is 4.56. The second kappa shape index (κ2) is 8.85. The van der Waals surface area contributed by atoms with Crippen LogP contribution in [0.2, 0.25) is 0 Å². The lowest BCUT2D eigenvalue weighted by atomic mass is 10.1. The van der Waals surface area contributed by atoms with Gasteiger partial charge in [0.05, 0.1) is 14.2 Å². The summed E-state index contributed by atoms with van der Waals surface area (Å²) >= 11 is 0. The minimum absolute atomic E-state index is 0.222. The molecule has 0 spiro atoms. The highest BCUT2D eigenvalue weighted by Gasteiger charge is 2.18. The summed E-state index contributed by atoms with van der Waals surface area (Å²) < 4.78 is 21.4. The number of esters is 1. The lowest BCUT2D eigenvalue weighted by molar-refractivity contribution is -0.143. The topological polar surface area (TPSA) is 83.7 Å². The molecular formula is C21H20N2O5. The summed E-state index contributed by atoms with van der Waals surface area (Å²) in [5, 5.41) is 7.95. The van der Waals surface area contributed by atoms with Crippen LogP contribution >= 0.6 is 0 Å². The van der Waals surface area contributed by atoms with Crippen LogP contribution in [0.15, 0.2) is 59.0 Å². The van der Waals surface area contributed by atoms with E-state index in [2.05, 4.69) is 10.2 Å². The number of hydrogen-bond acceptors (Lipinski definition) is 7. The van der Waals surface area contributed by atoms with E-state index in [1.54, 1.807) is 45.4 Å². The van der Waals surface area contributed by atoms with Gasteiger partial charge in [-0.25, -0.2) is 4.79 Å². The summed E-state index contributed by atoms with van der Waals surface area (Å²) in [7, 11) is 3.12. The highest BCUT2D eigenvalue weighted by molar-refractivity contribution is 5.87. The molecule has 1 heterocycles. The van der Waals surface area contributed by atoms with Crippen molar-refractivity contribution in [3.05, 3.63) is 66.1 Å². The first-order valence-electron chi connectivity index (χ1n) is 8.60. The molecule has 28 heavy (non-hydrogen) atoms. The molecular weight excluding hydrogens is 360 g/mol. The van der Waals surface area contributed by atoms with E-state index in [-0.39, 0.29) is 5.89 Å². The Bertz CT molecular complexity index is 966. The van der Waals surface area contributed by atoms with Crippen molar-refractivity contribution in [1.82, 2.24) is 10.2 Å². The summed E-state index contributed by atoms with van der Waals surface area (Å²) in [4.78, 5) is 12.2. The average Bonchev–Trinajstić information content (AvgIpc) is 3.23. The third-order valence-electron chi connectivity index (χ3n) is 3.94. The fourth-order valence-corrected chi connectivity index (χ4v) is 2.49. The minimum Gasteiger partial charge on any atom is -0.497 e. The number of rotatable bonds is 7. The van der Waals surface area contributed by atoms with Gasteiger partial charge < -0.3 is 18.6 Å². The molecule has 0 saturated heterocycles. The van der Waals surface area contributed by atoms with Crippen LogP contribution in [0.5, 0.6) is 11.5 Å². The number of methoxy groups -OCH3 is 2. The standard InChI is InChI=1S/C21H20N2O5/c1-14(20-22-23-21(28-20)15-7-5-4-6-8-15)27-19(24)12-9-16-13-17(25-2)10-11-18(16)26-3/h4-14H,1-3H3/b12-9+/t14-/m1/s1. The van der Waals surface area contributed by atoms with Crippen molar-refractivity contribution in [2.24, 2.45) is 0 Å². The van der Waals surface area contributed by atoms with Gasteiger partial charge >= 0.3 is 5.97 Å². The molecule has 144 valence electrons. The first kappa shape index (κ1) is 19.2. The SMILES string of the molecule is COc1ccc(OC)c(/C=C/C(=O)O[C@H](C)c2nnc(-c3ccccc3)o2)c1. The molecule has 3 aromatic rings. The van der Waals surface area contributed by atoms with Gasteiger partial charge in [-0.2, -0.15) is 0 Å². The van der Waals surface area contributed by atoms with Crippen LogP contribution in [0.25, 0.3) is 17.5 Å². The number of hydrogen-bond donors (Lipinski definition) is 0. The molecule has 0 bridgehead atoms. The molecule has 0 aliphatic rings.